The minimum absolute atomic E-state index is 0.0311. The van der Waals surface area contributed by atoms with E-state index in [1.54, 1.807) is 4.90 Å². The van der Waals surface area contributed by atoms with Crippen LogP contribution in [0.5, 0.6) is 0 Å². The Morgan fingerprint density at radius 3 is 2.72 bits per heavy atom. The van der Waals surface area contributed by atoms with Crippen molar-refractivity contribution in [3.8, 4) is 0 Å². The Balaban J connectivity index is 1.66. The van der Waals surface area contributed by atoms with E-state index in [4.69, 9.17) is 0 Å². The Hall–Kier alpha value is -2.28. The first-order valence-corrected chi connectivity index (χ1v) is 9.22. The summed E-state index contributed by atoms with van der Waals surface area (Å²) in [5.74, 6) is -0.584. The Morgan fingerprint density at radius 1 is 1.32 bits per heavy atom. The fourth-order valence-electron chi connectivity index (χ4n) is 2.65. The number of amides is 2. The molecule has 1 aromatic carbocycles. The molecule has 0 spiro atoms. The predicted molar refractivity (Wildman–Crippen MR) is 98.8 cm³/mol. The summed E-state index contributed by atoms with van der Waals surface area (Å²) in [5, 5.41) is 12.5. The summed E-state index contributed by atoms with van der Waals surface area (Å²) in [6.45, 7) is 6.70. The van der Waals surface area contributed by atoms with Crippen molar-refractivity contribution in [1.29, 1.82) is 0 Å². The second-order valence-corrected chi connectivity index (χ2v) is 7.86. The van der Waals surface area contributed by atoms with E-state index < -0.39 is 0 Å². The molecule has 0 aliphatic carbocycles. The van der Waals surface area contributed by atoms with Crippen molar-refractivity contribution in [2.45, 2.75) is 39.0 Å². The molecule has 1 aliphatic heterocycles. The number of nitrogens with one attached hydrogen (secondary N) is 1. The van der Waals surface area contributed by atoms with Crippen molar-refractivity contribution in [3.63, 3.8) is 0 Å². The maximum atomic E-state index is 12.5. The van der Waals surface area contributed by atoms with Crippen LogP contribution in [0.1, 0.15) is 38.6 Å². The molecule has 0 saturated carbocycles. The SMILES string of the molecule is CCC(C)(C)c1nnc(NC(=O)[C@@H]2CC(=O)N(c3ccccc3)C2)s1. The largest absolute Gasteiger partial charge is 0.312 e. The van der Waals surface area contributed by atoms with E-state index >= 15 is 0 Å². The first-order chi connectivity index (χ1) is 11.9. The van der Waals surface area contributed by atoms with Crippen LogP contribution in [0.3, 0.4) is 0 Å². The summed E-state index contributed by atoms with van der Waals surface area (Å²) in [6, 6.07) is 9.42. The normalized spacial score (nSPS) is 17.8. The number of hydrogen-bond acceptors (Lipinski definition) is 5. The van der Waals surface area contributed by atoms with Gasteiger partial charge in [-0.25, -0.2) is 0 Å². The Morgan fingerprint density at radius 2 is 2.04 bits per heavy atom. The summed E-state index contributed by atoms with van der Waals surface area (Å²) in [4.78, 5) is 26.4. The Kier molecular flexibility index (Phi) is 4.85. The van der Waals surface area contributed by atoms with Crippen molar-refractivity contribution >= 4 is 34.0 Å². The van der Waals surface area contributed by atoms with Gasteiger partial charge in [0.2, 0.25) is 16.9 Å². The van der Waals surface area contributed by atoms with Gasteiger partial charge in [-0.3, -0.25) is 9.59 Å². The van der Waals surface area contributed by atoms with Crippen LogP contribution in [0.2, 0.25) is 0 Å². The van der Waals surface area contributed by atoms with Crippen molar-refractivity contribution in [2.75, 3.05) is 16.8 Å². The molecule has 7 heteroatoms. The van der Waals surface area contributed by atoms with E-state index in [2.05, 4.69) is 36.3 Å². The van der Waals surface area contributed by atoms with Crippen LogP contribution < -0.4 is 10.2 Å². The number of anilines is 2. The van der Waals surface area contributed by atoms with Gasteiger partial charge in [0.15, 0.2) is 0 Å². The lowest BCUT2D eigenvalue weighted by molar-refractivity contribution is -0.122. The molecule has 1 atom stereocenters. The molecule has 6 nitrogen and oxygen atoms in total. The monoisotopic (exact) mass is 358 g/mol. The highest BCUT2D eigenvalue weighted by atomic mass is 32.1. The van der Waals surface area contributed by atoms with Crippen molar-refractivity contribution in [3.05, 3.63) is 35.3 Å². The molecule has 132 valence electrons. The van der Waals surface area contributed by atoms with Gasteiger partial charge in [-0.2, -0.15) is 0 Å². The Labute approximate surface area is 151 Å². The molecule has 1 aliphatic rings. The second kappa shape index (κ2) is 6.92. The van der Waals surface area contributed by atoms with Crippen molar-refractivity contribution < 1.29 is 9.59 Å². The summed E-state index contributed by atoms with van der Waals surface area (Å²) in [7, 11) is 0. The van der Waals surface area contributed by atoms with Crippen LogP contribution in [-0.2, 0) is 15.0 Å². The molecule has 2 aromatic rings. The quantitative estimate of drug-likeness (QED) is 0.890. The zero-order chi connectivity index (χ0) is 18.0. The van der Waals surface area contributed by atoms with Gasteiger partial charge in [-0.15, -0.1) is 10.2 Å². The van der Waals surface area contributed by atoms with Gasteiger partial charge in [0, 0.05) is 24.1 Å². The molecule has 1 fully saturated rings. The number of aromatic nitrogens is 2. The number of nitrogens with zero attached hydrogens (tertiary/aromatic N) is 3. The molecule has 0 bridgehead atoms. The van der Waals surface area contributed by atoms with E-state index in [0.29, 0.717) is 11.7 Å². The van der Waals surface area contributed by atoms with Crippen LogP contribution >= 0.6 is 11.3 Å². The van der Waals surface area contributed by atoms with Gasteiger partial charge in [0.1, 0.15) is 5.01 Å². The highest BCUT2D eigenvalue weighted by Crippen LogP contribution is 2.32. The predicted octanol–water partition coefficient (Wildman–Crippen LogP) is 3.22. The average Bonchev–Trinajstić information content (AvgIpc) is 3.23. The van der Waals surface area contributed by atoms with Crippen molar-refractivity contribution in [1.82, 2.24) is 10.2 Å². The summed E-state index contributed by atoms with van der Waals surface area (Å²) in [5.41, 5.74) is 0.763. The highest BCUT2D eigenvalue weighted by molar-refractivity contribution is 7.15. The molecule has 2 heterocycles. The molecule has 1 saturated heterocycles. The van der Waals surface area contributed by atoms with Gasteiger partial charge in [0.05, 0.1) is 5.92 Å². The van der Waals surface area contributed by atoms with Crippen LogP contribution in [0.15, 0.2) is 30.3 Å². The number of carbonyl (C=O) groups is 2. The van der Waals surface area contributed by atoms with Crippen molar-refractivity contribution in [2.24, 2.45) is 5.92 Å². The number of benzene rings is 1. The van der Waals surface area contributed by atoms with Crippen LogP contribution in [0.25, 0.3) is 0 Å². The highest BCUT2D eigenvalue weighted by Gasteiger charge is 2.35. The summed E-state index contributed by atoms with van der Waals surface area (Å²) < 4.78 is 0. The fraction of sp³-hybridized carbons (Fsp3) is 0.444. The molecule has 0 unspecified atom stereocenters. The number of carbonyl (C=O) groups excluding carboxylic acids is 2. The molecule has 2 amide bonds. The van der Waals surface area contributed by atoms with E-state index in [1.807, 2.05) is 30.3 Å². The molecule has 25 heavy (non-hydrogen) atoms. The first-order valence-electron chi connectivity index (χ1n) is 8.41. The molecule has 1 N–H and O–H groups in total. The second-order valence-electron chi connectivity index (χ2n) is 6.88. The molecule has 3 rings (SSSR count). The van der Waals surface area contributed by atoms with Crippen LogP contribution in [0.4, 0.5) is 10.8 Å². The fourth-order valence-corrected chi connectivity index (χ4v) is 3.57. The van der Waals surface area contributed by atoms with Gasteiger partial charge in [0.25, 0.3) is 0 Å². The standard InChI is InChI=1S/C18H22N4O2S/c1-4-18(2,3)16-20-21-17(25-16)19-15(24)12-10-14(23)22(11-12)13-8-6-5-7-9-13/h5-9,12H,4,10-11H2,1-3H3,(H,19,21,24)/t12-/m1/s1. The van der Waals surface area contributed by atoms with E-state index in [-0.39, 0.29) is 29.6 Å². The molecule has 0 radical (unpaired) electrons. The zero-order valence-corrected chi connectivity index (χ0v) is 15.5. The third kappa shape index (κ3) is 3.71. The Bertz CT molecular complexity index is 772. The lowest BCUT2D eigenvalue weighted by atomic mass is 9.91. The number of rotatable bonds is 5. The van der Waals surface area contributed by atoms with Gasteiger partial charge in [-0.1, -0.05) is 50.3 Å². The number of hydrogen-bond donors (Lipinski definition) is 1. The zero-order valence-electron chi connectivity index (χ0n) is 14.7. The van der Waals surface area contributed by atoms with Gasteiger partial charge < -0.3 is 10.2 Å². The van der Waals surface area contributed by atoms with Crippen LogP contribution in [-0.4, -0.2) is 28.6 Å². The third-order valence-electron chi connectivity index (χ3n) is 4.68. The lowest BCUT2D eigenvalue weighted by Gasteiger charge is -2.17. The average molecular weight is 358 g/mol. The smallest absolute Gasteiger partial charge is 0.231 e. The minimum Gasteiger partial charge on any atom is -0.312 e. The maximum Gasteiger partial charge on any atom is 0.231 e. The van der Waals surface area contributed by atoms with E-state index in [0.717, 1.165) is 17.1 Å². The first kappa shape index (κ1) is 17.5. The molecule has 1 aromatic heterocycles. The maximum absolute atomic E-state index is 12.5. The van der Waals surface area contributed by atoms with E-state index in [9.17, 15) is 9.59 Å². The van der Waals surface area contributed by atoms with Gasteiger partial charge in [-0.05, 0) is 18.6 Å². The topological polar surface area (TPSA) is 75.2 Å². The summed E-state index contributed by atoms with van der Waals surface area (Å²) >= 11 is 1.40. The van der Waals surface area contributed by atoms with Crippen LogP contribution in [0, 0.1) is 5.92 Å². The molecular formula is C18H22N4O2S. The van der Waals surface area contributed by atoms with E-state index in [1.165, 1.54) is 11.3 Å². The van der Waals surface area contributed by atoms with Gasteiger partial charge >= 0.3 is 0 Å². The lowest BCUT2D eigenvalue weighted by Crippen LogP contribution is -2.28. The third-order valence-corrected chi connectivity index (χ3v) is 5.89. The number of para-hydroxylation sites is 1. The molecular weight excluding hydrogens is 336 g/mol. The minimum atomic E-state index is -0.376. The summed E-state index contributed by atoms with van der Waals surface area (Å²) in [6.07, 6.45) is 1.16.